The number of halogens is 3. The van der Waals surface area contributed by atoms with Crippen LogP contribution < -0.4 is 10.5 Å². The van der Waals surface area contributed by atoms with Gasteiger partial charge in [0.15, 0.2) is 0 Å². The maximum atomic E-state index is 13.6. The molecule has 2 aromatic carbocycles. The number of nitrogen functional groups attached to an aromatic ring is 1. The topological polar surface area (TPSA) is 72.2 Å². The molecular formula is C12H9F3N2O2S. The van der Waals surface area contributed by atoms with Crippen molar-refractivity contribution in [3.63, 3.8) is 0 Å². The maximum absolute atomic E-state index is 13.6. The first kappa shape index (κ1) is 14.2. The lowest BCUT2D eigenvalue weighted by molar-refractivity contribution is 0.569. The zero-order valence-electron chi connectivity index (χ0n) is 9.90. The smallest absolute Gasteiger partial charge is 0.264 e. The van der Waals surface area contributed by atoms with Crippen LogP contribution in [-0.2, 0) is 10.0 Å². The standard InChI is InChI=1S/C12H9F3N2O2S/c13-7-1-3-9(14)11(5-7)17-20(18,19)12-4-2-8(16)6-10(12)15/h1-6,17H,16H2. The van der Waals surface area contributed by atoms with E-state index in [-0.39, 0.29) is 5.69 Å². The van der Waals surface area contributed by atoms with Crippen molar-refractivity contribution in [2.45, 2.75) is 4.90 Å². The minimum absolute atomic E-state index is 0.0402. The number of anilines is 2. The average molecular weight is 302 g/mol. The first-order valence-corrected chi connectivity index (χ1v) is 6.81. The highest BCUT2D eigenvalue weighted by molar-refractivity contribution is 7.92. The SMILES string of the molecule is Nc1ccc(S(=O)(=O)Nc2cc(F)ccc2F)c(F)c1. The number of rotatable bonds is 3. The molecule has 0 heterocycles. The van der Waals surface area contributed by atoms with Crippen molar-refractivity contribution in [2.75, 3.05) is 10.5 Å². The highest BCUT2D eigenvalue weighted by Crippen LogP contribution is 2.22. The number of benzene rings is 2. The van der Waals surface area contributed by atoms with Gasteiger partial charge in [-0.25, -0.2) is 21.6 Å². The van der Waals surface area contributed by atoms with Crippen LogP contribution in [0.1, 0.15) is 0 Å². The Morgan fingerprint density at radius 2 is 1.65 bits per heavy atom. The minimum atomic E-state index is -4.39. The van der Waals surface area contributed by atoms with Gasteiger partial charge in [-0.2, -0.15) is 0 Å². The summed E-state index contributed by atoms with van der Waals surface area (Å²) in [4.78, 5) is -0.713. The molecule has 0 aliphatic rings. The van der Waals surface area contributed by atoms with Gasteiger partial charge in [-0.15, -0.1) is 0 Å². The van der Waals surface area contributed by atoms with Crippen LogP contribution >= 0.6 is 0 Å². The molecule has 0 saturated heterocycles. The lowest BCUT2D eigenvalue weighted by atomic mass is 10.3. The fourth-order valence-electron chi connectivity index (χ4n) is 1.51. The second kappa shape index (κ2) is 5.04. The van der Waals surface area contributed by atoms with E-state index in [0.29, 0.717) is 6.07 Å². The zero-order valence-corrected chi connectivity index (χ0v) is 10.7. The number of nitrogens with one attached hydrogen (secondary N) is 1. The van der Waals surface area contributed by atoms with Gasteiger partial charge < -0.3 is 5.73 Å². The molecule has 0 bridgehead atoms. The Balaban J connectivity index is 2.43. The Hall–Kier alpha value is -2.22. The number of hydrogen-bond acceptors (Lipinski definition) is 3. The molecule has 0 aliphatic carbocycles. The van der Waals surface area contributed by atoms with E-state index in [1.165, 1.54) is 6.07 Å². The van der Waals surface area contributed by atoms with E-state index in [1.54, 1.807) is 4.72 Å². The number of hydrogen-bond donors (Lipinski definition) is 2. The van der Waals surface area contributed by atoms with Crippen molar-refractivity contribution >= 4 is 21.4 Å². The van der Waals surface area contributed by atoms with Crippen molar-refractivity contribution in [2.24, 2.45) is 0 Å². The van der Waals surface area contributed by atoms with Crippen LogP contribution in [0.3, 0.4) is 0 Å². The predicted molar refractivity (Wildman–Crippen MR) is 68.0 cm³/mol. The molecule has 0 amide bonds. The summed E-state index contributed by atoms with van der Waals surface area (Å²) in [5, 5.41) is 0. The molecule has 3 N–H and O–H groups in total. The summed E-state index contributed by atoms with van der Waals surface area (Å²) < 4.78 is 65.5. The van der Waals surface area contributed by atoms with Gasteiger partial charge >= 0.3 is 0 Å². The van der Waals surface area contributed by atoms with Crippen LogP contribution in [0.25, 0.3) is 0 Å². The number of sulfonamides is 1. The molecule has 0 fully saturated rings. The van der Waals surface area contributed by atoms with Gasteiger partial charge in [0.25, 0.3) is 10.0 Å². The zero-order chi connectivity index (χ0) is 14.9. The quantitative estimate of drug-likeness (QED) is 0.856. The molecule has 20 heavy (non-hydrogen) atoms. The van der Waals surface area contributed by atoms with E-state index in [1.807, 2.05) is 0 Å². The van der Waals surface area contributed by atoms with Crippen LogP contribution in [0.5, 0.6) is 0 Å². The van der Waals surface area contributed by atoms with Gasteiger partial charge in [0, 0.05) is 11.8 Å². The summed E-state index contributed by atoms with van der Waals surface area (Å²) >= 11 is 0. The van der Waals surface area contributed by atoms with Crippen LogP contribution in [-0.4, -0.2) is 8.42 Å². The van der Waals surface area contributed by atoms with E-state index < -0.39 is 38.1 Å². The minimum Gasteiger partial charge on any atom is -0.399 e. The largest absolute Gasteiger partial charge is 0.399 e. The highest BCUT2D eigenvalue weighted by Gasteiger charge is 2.21. The van der Waals surface area contributed by atoms with Crippen molar-refractivity contribution in [1.82, 2.24) is 0 Å². The third-order valence-electron chi connectivity index (χ3n) is 2.42. The maximum Gasteiger partial charge on any atom is 0.264 e. The fourth-order valence-corrected chi connectivity index (χ4v) is 2.63. The molecule has 8 heteroatoms. The van der Waals surface area contributed by atoms with Crippen molar-refractivity contribution in [1.29, 1.82) is 0 Å². The van der Waals surface area contributed by atoms with E-state index in [2.05, 4.69) is 0 Å². The Labute approximate surface area is 113 Å². The van der Waals surface area contributed by atoms with Crippen molar-refractivity contribution in [3.05, 3.63) is 53.8 Å². The van der Waals surface area contributed by atoms with Gasteiger partial charge in [-0.05, 0) is 30.3 Å². The monoisotopic (exact) mass is 302 g/mol. The molecule has 0 unspecified atom stereocenters. The van der Waals surface area contributed by atoms with Gasteiger partial charge in [0.1, 0.15) is 22.3 Å². The van der Waals surface area contributed by atoms with Crippen molar-refractivity contribution < 1.29 is 21.6 Å². The Bertz CT molecular complexity index is 763. The summed E-state index contributed by atoms with van der Waals surface area (Å²) in [6.07, 6.45) is 0. The lowest BCUT2D eigenvalue weighted by Gasteiger charge is -2.10. The molecule has 2 rings (SSSR count). The molecular weight excluding hydrogens is 293 g/mol. The van der Waals surface area contributed by atoms with E-state index in [0.717, 1.165) is 24.3 Å². The Kier molecular flexibility index (Phi) is 3.58. The first-order valence-electron chi connectivity index (χ1n) is 5.32. The second-order valence-corrected chi connectivity index (χ2v) is 5.57. The van der Waals surface area contributed by atoms with Crippen molar-refractivity contribution in [3.8, 4) is 0 Å². The highest BCUT2D eigenvalue weighted by atomic mass is 32.2. The van der Waals surface area contributed by atoms with Crippen LogP contribution in [0.2, 0.25) is 0 Å². The normalized spacial score (nSPS) is 11.3. The summed E-state index contributed by atoms with van der Waals surface area (Å²) in [5.74, 6) is -2.90. The molecule has 2 aromatic rings. The summed E-state index contributed by atoms with van der Waals surface area (Å²) in [6.45, 7) is 0. The Morgan fingerprint density at radius 3 is 2.30 bits per heavy atom. The van der Waals surface area contributed by atoms with Crippen LogP contribution in [0.15, 0.2) is 41.3 Å². The van der Waals surface area contributed by atoms with E-state index in [4.69, 9.17) is 5.73 Å². The van der Waals surface area contributed by atoms with Gasteiger partial charge in [0.2, 0.25) is 0 Å². The molecule has 0 atom stereocenters. The van der Waals surface area contributed by atoms with Gasteiger partial charge in [0.05, 0.1) is 5.69 Å². The third-order valence-corrected chi connectivity index (χ3v) is 3.82. The molecule has 0 aromatic heterocycles. The average Bonchev–Trinajstić information content (AvgIpc) is 2.33. The molecule has 106 valence electrons. The Morgan fingerprint density at radius 1 is 0.950 bits per heavy atom. The van der Waals surface area contributed by atoms with E-state index >= 15 is 0 Å². The summed E-state index contributed by atoms with van der Waals surface area (Å²) in [5.41, 5.74) is 4.73. The first-order chi connectivity index (χ1) is 9.29. The van der Waals surface area contributed by atoms with Crippen LogP contribution in [0, 0.1) is 17.5 Å². The molecule has 0 saturated carbocycles. The van der Waals surface area contributed by atoms with Crippen LogP contribution in [0.4, 0.5) is 24.5 Å². The third kappa shape index (κ3) is 2.85. The lowest BCUT2D eigenvalue weighted by Crippen LogP contribution is -2.15. The summed E-state index contributed by atoms with van der Waals surface area (Å²) in [7, 11) is -4.39. The van der Waals surface area contributed by atoms with Gasteiger partial charge in [-0.3, -0.25) is 4.72 Å². The van der Waals surface area contributed by atoms with E-state index in [9.17, 15) is 21.6 Å². The second-order valence-electron chi connectivity index (χ2n) is 3.92. The molecule has 0 aliphatic heterocycles. The fraction of sp³-hybridized carbons (Fsp3) is 0. The molecule has 0 radical (unpaired) electrons. The summed E-state index contributed by atoms with van der Waals surface area (Å²) in [6, 6.07) is 5.17. The predicted octanol–water partition coefficient (Wildman–Crippen LogP) is 2.49. The molecule has 4 nitrogen and oxygen atoms in total. The number of nitrogens with two attached hydrogens (primary N) is 1. The van der Waals surface area contributed by atoms with Gasteiger partial charge in [-0.1, -0.05) is 0 Å². The molecule has 0 spiro atoms.